The van der Waals surface area contributed by atoms with Crippen molar-refractivity contribution >= 4 is 27.5 Å². The SMILES string of the molecule is O=[N+]([O-])/C(CN1CCOCC1)=N\Nc1ccc(Br)cc1. The molecule has 8 heteroatoms. The van der Waals surface area contributed by atoms with Gasteiger partial charge in [0.1, 0.15) is 6.54 Å². The van der Waals surface area contributed by atoms with Gasteiger partial charge in [0.05, 0.1) is 24.0 Å². The number of morpholine rings is 1. The number of anilines is 1. The lowest BCUT2D eigenvalue weighted by Gasteiger charge is -2.24. The Hall–Kier alpha value is -1.51. The molecule has 0 atom stereocenters. The molecule has 1 aromatic carbocycles. The summed E-state index contributed by atoms with van der Waals surface area (Å²) in [5, 5.41) is 14.9. The first-order valence-corrected chi connectivity index (χ1v) is 6.97. The summed E-state index contributed by atoms with van der Waals surface area (Å²) in [7, 11) is 0. The fraction of sp³-hybridized carbons (Fsp3) is 0.417. The van der Waals surface area contributed by atoms with E-state index in [-0.39, 0.29) is 12.4 Å². The van der Waals surface area contributed by atoms with Crippen LogP contribution >= 0.6 is 15.9 Å². The summed E-state index contributed by atoms with van der Waals surface area (Å²) in [6.07, 6.45) is 0. The minimum Gasteiger partial charge on any atom is -0.379 e. The van der Waals surface area contributed by atoms with E-state index in [2.05, 4.69) is 26.5 Å². The van der Waals surface area contributed by atoms with Crippen LogP contribution in [0.2, 0.25) is 0 Å². The number of rotatable bonds is 4. The Kier molecular flexibility index (Phi) is 5.45. The van der Waals surface area contributed by atoms with Crippen LogP contribution in [0.15, 0.2) is 33.8 Å². The lowest BCUT2D eigenvalue weighted by molar-refractivity contribution is -0.353. The number of amidine groups is 1. The van der Waals surface area contributed by atoms with Crippen LogP contribution in [0.3, 0.4) is 0 Å². The van der Waals surface area contributed by atoms with Gasteiger partial charge in [0.25, 0.3) is 0 Å². The van der Waals surface area contributed by atoms with Crippen molar-refractivity contribution in [2.24, 2.45) is 5.10 Å². The monoisotopic (exact) mass is 342 g/mol. The Morgan fingerprint density at radius 3 is 2.65 bits per heavy atom. The molecule has 0 aromatic heterocycles. The number of hydrazone groups is 1. The highest BCUT2D eigenvalue weighted by Crippen LogP contribution is 2.14. The van der Waals surface area contributed by atoms with E-state index in [1.807, 2.05) is 17.0 Å². The van der Waals surface area contributed by atoms with Gasteiger partial charge < -0.3 is 14.9 Å². The molecular formula is C12H15BrN4O3. The quantitative estimate of drug-likeness (QED) is 0.390. The molecule has 0 bridgehead atoms. The number of nitrogens with one attached hydrogen (secondary N) is 1. The first kappa shape index (κ1) is 14.9. The molecule has 20 heavy (non-hydrogen) atoms. The van der Waals surface area contributed by atoms with E-state index in [0.29, 0.717) is 32.0 Å². The topological polar surface area (TPSA) is 80.0 Å². The third-order valence-corrected chi connectivity index (χ3v) is 3.37. The molecule has 1 N–H and O–H groups in total. The highest BCUT2D eigenvalue weighted by Gasteiger charge is 2.20. The smallest absolute Gasteiger partial charge is 0.377 e. The second-order valence-corrected chi connectivity index (χ2v) is 5.21. The third kappa shape index (κ3) is 4.55. The van der Waals surface area contributed by atoms with Gasteiger partial charge in [0.2, 0.25) is 0 Å². The van der Waals surface area contributed by atoms with Gasteiger partial charge in [-0.25, -0.2) is 0 Å². The van der Waals surface area contributed by atoms with Crippen LogP contribution in [-0.4, -0.2) is 48.5 Å². The largest absolute Gasteiger partial charge is 0.379 e. The Bertz CT molecular complexity index is 486. The van der Waals surface area contributed by atoms with Crippen molar-refractivity contribution in [1.82, 2.24) is 4.90 Å². The predicted octanol–water partition coefficient (Wildman–Crippen LogP) is 1.78. The maximum atomic E-state index is 11.0. The van der Waals surface area contributed by atoms with Gasteiger partial charge in [-0.15, -0.1) is 0 Å². The van der Waals surface area contributed by atoms with Crippen molar-refractivity contribution in [3.63, 3.8) is 0 Å². The van der Waals surface area contributed by atoms with Gasteiger partial charge in [-0.05, 0) is 29.2 Å². The van der Waals surface area contributed by atoms with E-state index >= 15 is 0 Å². The van der Waals surface area contributed by atoms with E-state index in [1.165, 1.54) is 0 Å². The Labute approximate surface area is 124 Å². The van der Waals surface area contributed by atoms with Gasteiger partial charge in [-0.2, -0.15) is 5.43 Å². The molecule has 1 fully saturated rings. The molecule has 0 amide bonds. The summed E-state index contributed by atoms with van der Waals surface area (Å²) >= 11 is 3.32. The standard InChI is InChI=1S/C12H15BrN4O3/c13-10-1-3-11(4-2-10)14-15-12(17(18)19)9-16-5-7-20-8-6-16/h1-4,14H,5-9H2/b15-12-. The van der Waals surface area contributed by atoms with Crippen LogP contribution in [0.1, 0.15) is 0 Å². The fourth-order valence-corrected chi connectivity index (χ4v) is 2.01. The van der Waals surface area contributed by atoms with Crippen molar-refractivity contribution in [1.29, 1.82) is 0 Å². The normalized spacial score (nSPS) is 16.9. The number of halogens is 1. The van der Waals surface area contributed by atoms with Crippen LogP contribution in [0.5, 0.6) is 0 Å². The molecule has 1 aliphatic rings. The molecule has 2 rings (SSSR count). The third-order valence-electron chi connectivity index (χ3n) is 2.84. The Morgan fingerprint density at radius 2 is 2.05 bits per heavy atom. The lowest BCUT2D eigenvalue weighted by Crippen LogP contribution is -2.41. The maximum Gasteiger partial charge on any atom is 0.377 e. The van der Waals surface area contributed by atoms with Gasteiger partial charge >= 0.3 is 5.84 Å². The molecule has 0 spiro atoms. The summed E-state index contributed by atoms with van der Waals surface area (Å²) in [5.41, 5.74) is 3.41. The second kappa shape index (κ2) is 7.32. The average Bonchev–Trinajstić information content (AvgIpc) is 2.46. The molecule has 0 radical (unpaired) electrons. The van der Waals surface area contributed by atoms with E-state index in [4.69, 9.17) is 4.74 Å². The molecule has 1 saturated heterocycles. The van der Waals surface area contributed by atoms with Crippen molar-refractivity contribution in [2.45, 2.75) is 0 Å². The molecule has 0 unspecified atom stereocenters. The molecule has 108 valence electrons. The molecule has 1 aromatic rings. The molecule has 0 saturated carbocycles. The van der Waals surface area contributed by atoms with Gasteiger partial charge in [-0.3, -0.25) is 4.90 Å². The van der Waals surface area contributed by atoms with Crippen LogP contribution in [0.25, 0.3) is 0 Å². The van der Waals surface area contributed by atoms with Gasteiger partial charge in [-0.1, -0.05) is 15.9 Å². The maximum absolute atomic E-state index is 11.0. The number of benzene rings is 1. The first-order valence-electron chi connectivity index (χ1n) is 6.18. The summed E-state index contributed by atoms with van der Waals surface area (Å²) in [6, 6.07) is 7.26. The van der Waals surface area contributed by atoms with Crippen molar-refractivity contribution < 1.29 is 9.66 Å². The van der Waals surface area contributed by atoms with Crippen molar-refractivity contribution in [2.75, 3.05) is 38.3 Å². The highest BCUT2D eigenvalue weighted by atomic mass is 79.9. The average molecular weight is 343 g/mol. The number of nitrogens with zero attached hydrogens (tertiary/aromatic N) is 3. The van der Waals surface area contributed by atoms with Gasteiger partial charge in [0, 0.05) is 17.6 Å². The van der Waals surface area contributed by atoms with E-state index in [9.17, 15) is 10.1 Å². The zero-order valence-corrected chi connectivity index (χ0v) is 12.4. The van der Waals surface area contributed by atoms with E-state index in [1.54, 1.807) is 12.1 Å². The summed E-state index contributed by atoms with van der Waals surface area (Å²) in [4.78, 5) is 12.5. The zero-order valence-electron chi connectivity index (χ0n) is 10.8. The lowest BCUT2D eigenvalue weighted by atomic mass is 10.3. The molecule has 1 aliphatic heterocycles. The minimum atomic E-state index is -0.457. The van der Waals surface area contributed by atoms with Crippen molar-refractivity contribution in [3.8, 4) is 0 Å². The summed E-state index contributed by atoms with van der Waals surface area (Å²) in [5.74, 6) is -0.102. The number of ether oxygens (including phenoxy) is 1. The predicted molar refractivity (Wildman–Crippen MR) is 79.5 cm³/mol. The Balaban J connectivity index is 1.98. The highest BCUT2D eigenvalue weighted by molar-refractivity contribution is 9.10. The number of hydrogen-bond acceptors (Lipinski definition) is 6. The van der Waals surface area contributed by atoms with E-state index in [0.717, 1.165) is 4.47 Å². The fourth-order valence-electron chi connectivity index (χ4n) is 1.75. The van der Waals surface area contributed by atoms with Crippen LogP contribution in [-0.2, 0) is 4.74 Å². The van der Waals surface area contributed by atoms with Crippen LogP contribution in [0.4, 0.5) is 5.69 Å². The summed E-state index contributed by atoms with van der Waals surface area (Å²) < 4.78 is 6.15. The van der Waals surface area contributed by atoms with Crippen LogP contribution in [0, 0.1) is 10.1 Å². The molecular weight excluding hydrogens is 328 g/mol. The molecule has 0 aliphatic carbocycles. The first-order chi connectivity index (χ1) is 9.65. The van der Waals surface area contributed by atoms with Crippen LogP contribution < -0.4 is 5.43 Å². The van der Waals surface area contributed by atoms with Gasteiger partial charge in [0.15, 0.2) is 0 Å². The number of nitro groups is 1. The van der Waals surface area contributed by atoms with Crippen molar-refractivity contribution in [3.05, 3.63) is 38.9 Å². The number of hydrogen-bond donors (Lipinski definition) is 1. The minimum absolute atomic E-state index is 0.102. The second-order valence-electron chi connectivity index (χ2n) is 4.29. The zero-order chi connectivity index (χ0) is 14.4. The Morgan fingerprint density at radius 1 is 1.40 bits per heavy atom. The molecule has 1 heterocycles. The molecule has 7 nitrogen and oxygen atoms in total. The van der Waals surface area contributed by atoms with E-state index < -0.39 is 4.92 Å². The summed E-state index contributed by atoms with van der Waals surface area (Å²) in [6.45, 7) is 2.78.